The van der Waals surface area contributed by atoms with Gasteiger partial charge in [-0.1, -0.05) is 49.1 Å². The Kier molecular flexibility index (Phi) is 4.65. The Hall–Kier alpha value is -2.66. The maximum absolute atomic E-state index is 13.1. The molecule has 6 heteroatoms. The number of benzene rings is 2. The molecular weight excluding hydrogens is 422 g/mol. The predicted octanol–water partition coefficient (Wildman–Crippen LogP) is 4.94. The van der Waals surface area contributed by atoms with Crippen molar-refractivity contribution in [1.82, 2.24) is 14.5 Å². The molecule has 1 saturated heterocycles. The number of nitrogens with zero attached hydrogens (tertiary/aromatic N) is 3. The monoisotopic (exact) mass is 447 g/mol. The van der Waals surface area contributed by atoms with Gasteiger partial charge in [-0.3, -0.25) is 14.2 Å². The second-order valence-electron chi connectivity index (χ2n) is 9.54. The maximum atomic E-state index is 13.1. The summed E-state index contributed by atoms with van der Waals surface area (Å²) in [6, 6.07) is 12.6. The molecule has 3 aromatic rings. The molecule has 5 nitrogen and oxygen atoms in total. The molecule has 2 aliphatic heterocycles. The van der Waals surface area contributed by atoms with E-state index in [4.69, 9.17) is 11.6 Å². The number of hydrogen-bond acceptors (Lipinski definition) is 3. The molecule has 2 aromatic carbocycles. The summed E-state index contributed by atoms with van der Waals surface area (Å²) in [4.78, 5) is 30.7. The Labute approximate surface area is 192 Å². The van der Waals surface area contributed by atoms with Crippen molar-refractivity contribution in [3.05, 3.63) is 68.7 Å². The van der Waals surface area contributed by atoms with E-state index in [-0.39, 0.29) is 11.0 Å². The molecule has 0 atom stereocenters. The topological polar surface area (TPSA) is 55.2 Å². The lowest BCUT2D eigenvalue weighted by molar-refractivity contribution is -0.119. The standard InChI is InChI=1S/C26H26ClN3O2/c27-20-5-4-6-21-23(20)24(32)28-25-26(11-2-1-3-12-26)19-8-7-18(15-22(19)30(21)25)17-9-13-29(16-31)14-10-17/h4-8,15-17H,1-3,9-14H2. The number of carbonyl (C=O) groups is 1. The Bertz CT molecular complexity index is 1280. The van der Waals surface area contributed by atoms with Crippen molar-refractivity contribution in [2.75, 3.05) is 13.1 Å². The maximum Gasteiger partial charge on any atom is 0.282 e. The number of likely N-dealkylation sites (tertiary alicyclic amines) is 1. The first-order valence-corrected chi connectivity index (χ1v) is 12.1. The minimum Gasteiger partial charge on any atom is -0.345 e. The fourth-order valence-corrected chi connectivity index (χ4v) is 6.54. The zero-order valence-electron chi connectivity index (χ0n) is 18.0. The zero-order chi connectivity index (χ0) is 21.9. The number of halogens is 1. The summed E-state index contributed by atoms with van der Waals surface area (Å²) in [6.45, 7) is 1.61. The lowest BCUT2D eigenvalue weighted by Gasteiger charge is -2.34. The van der Waals surface area contributed by atoms with Gasteiger partial charge in [-0.05, 0) is 60.9 Å². The van der Waals surface area contributed by atoms with E-state index in [1.165, 1.54) is 17.5 Å². The van der Waals surface area contributed by atoms with Gasteiger partial charge in [0.25, 0.3) is 5.56 Å². The fraction of sp³-hybridized carbons (Fsp3) is 0.423. The van der Waals surface area contributed by atoms with Crippen LogP contribution >= 0.6 is 11.6 Å². The number of amides is 1. The van der Waals surface area contributed by atoms with Gasteiger partial charge in [-0.25, -0.2) is 0 Å². The van der Waals surface area contributed by atoms with Crippen LogP contribution in [0.5, 0.6) is 0 Å². The third kappa shape index (κ3) is 2.80. The van der Waals surface area contributed by atoms with Crippen LogP contribution in [0.15, 0.2) is 41.2 Å². The Balaban J connectivity index is 1.57. The highest BCUT2D eigenvalue weighted by atomic mass is 35.5. The molecule has 1 aromatic heterocycles. The third-order valence-corrected chi connectivity index (χ3v) is 8.24. The highest BCUT2D eigenvalue weighted by Crippen LogP contribution is 2.52. The minimum atomic E-state index is -0.226. The van der Waals surface area contributed by atoms with E-state index in [0.29, 0.717) is 16.3 Å². The SMILES string of the molecule is O=CN1CCC(c2ccc3c(c2)-n2c(nc(=O)c4c(Cl)cccc42)C32CCCCC2)CC1. The number of hydrogen-bond donors (Lipinski definition) is 0. The second-order valence-corrected chi connectivity index (χ2v) is 9.95. The molecule has 1 aliphatic carbocycles. The predicted molar refractivity (Wildman–Crippen MR) is 126 cm³/mol. The first kappa shape index (κ1) is 20.0. The van der Waals surface area contributed by atoms with E-state index >= 15 is 0 Å². The molecule has 6 rings (SSSR count). The molecule has 0 N–H and O–H groups in total. The van der Waals surface area contributed by atoms with Gasteiger partial charge in [-0.2, -0.15) is 4.98 Å². The number of fused-ring (bicyclic) bond motifs is 7. The number of carbonyl (C=O) groups excluding carboxylic acids is 1. The molecule has 32 heavy (non-hydrogen) atoms. The van der Waals surface area contributed by atoms with E-state index in [0.717, 1.165) is 75.1 Å². The average Bonchev–Trinajstić information content (AvgIpc) is 3.08. The first-order valence-electron chi connectivity index (χ1n) is 11.7. The molecule has 1 amide bonds. The minimum absolute atomic E-state index is 0.192. The van der Waals surface area contributed by atoms with Crippen LogP contribution in [0.2, 0.25) is 5.02 Å². The summed E-state index contributed by atoms with van der Waals surface area (Å²) in [5, 5.41) is 0.959. The van der Waals surface area contributed by atoms with Crippen LogP contribution in [-0.4, -0.2) is 34.0 Å². The smallest absolute Gasteiger partial charge is 0.282 e. The average molecular weight is 448 g/mol. The summed E-state index contributed by atoms with van der Waals surface area (Å²) in [6.07, 6.45) is 8.48. The van der Waals surface area contributed by atoms with Gasteiger partial charge in [-0.15, -0.1) is 0 Å². The van der Waals surface area contributed by atoms with Crippen LogP contribution in [-0.2, 0) is 10.2 Å². The summed E-state index contributed by atoms with van der Waals surface area (Å²) in [7, 11) is 0. The van der Waals surface area contributed by atoms with Crippen molar-refractivity contribution < 1.29 is 4.79 Å². The van der Waals surface area contributed by atoms with Crippen molar-refractivity contribution in [2.45, 2.75) is 56.3 Å². The van der Waals surface area contributed by atoms with Crippen LogP contribution in [0.3, 0.4) is 0 Å². The van der Waals surface area contributed by atoms with Gasteiger partial charge >= 0.3 is 0 Å². The molecule has 164 valence electrons. The normalized spacial score (nSPS) is 19.8. The number of aromatic nitrogens is 2. The molecule has 0 unspecified atom stereocenters. The largest absolute Gasteiger partial charge is 0.345 e. The van der Waals surface area contributed by atoms with Gasteiger partial charge in [0.1, 0.15) is 5.82 Å². The molecule has 0 radical (unpaired) electrons. The fourth-order valence-electron chi connectivity index (χ4n) is 6.29. The Morgan fingerprint density at radius 1 is 1.06 bits per heavy atom. The Morgan fingerprint density at radius 2 is 1.84 bits per heavy atom. The van der Waals surface area contributed by atoms with Crippen LogP contribution in [0, 0.1) is 0 Å². The van der Waals surface area contributed by atoms with Crippen LogP contribution in [0.1, 0.15) is 67.8 Å². The summed E-state index contributed by atoms with van der Waals surface area (Å²) < 4.78 is 2.22. The van der Waals surface area contributed by atoms with Gasteiger partial charge < -0.3 is 4.90 Å². The number of rotatable bonds is 2. The zero-order valence-corrected chi connectivity index (χ0v) is 18.8. The van der Waals surface area contributed by atoms with Crippen LogP contribution < -0.4 is 5.56 Å². The quantitative estimate of drug-likeness (QED) is 0.523. The summed E-state index contributed by atoms with van der Waals surface area (Å²) in [5.74, 6) is 1.32. The molecular formula is C26H26ClN3O2. The van der Waals surface area contributed by atoms with Gasteiger partial charge in [0, 0.05) is 13.1 Å². The van der Waals surface area contributed by atoms with Crippen molar-refractivity contribution in [2.24, 2.45) is 0 Å². The molecule has 1 spiro atoms. The van der Waals surface area contributed by atoms with Crippen LogP contribution in [0.25, 0.3) is 16.6 Å². The van der Waals surface area contributed by atoms with E-state index in [1.54, 1.807) is 6.07 Å². The summed E-state index contributed by atoms with van der Waals surface area (Å²) in [5.41, 5.74) is 4.19. The third-order valence-electron chi connectivity index (χ3n) is 7.93. The van der Waals surface area contributed by atoms with E-state index in [1.807, 2.05) is 17.0 Å². The van der Waals surface area contributed by atoms with Crippen molar-refractivity contribution in [3.8, 4) is 5.69 Å². The molecule has 3 aliphatic rings. The molecule has 2 fully saturated rings. The highest BCUT2D eigenvalue weighted by Gasteiger charge is 2.46. The van der Waals surface area contributed by atoms with Crippen LogP contribution in [0.4, 0.5) is 0 Å². The summed E-state index contributed by atoms with van der Waals surface area (Å²) >= 11 is 6.46. The first-order chi connectivity index (χ1) is 15.6. The van der Waals surface area contributed by atoms with Crippen molar-refractivity contribution >= 4 is 28.9 Å². The van der Waals surface area contributed by atoms with Gasteiger partial charge in [0.15, 0.2) is 0 Å². The van der Waals surface area contributed by atoms with Crippen molar-refractivity contribution in [3.63, 3.8) is 0 Å². The van der Waals surface area contributed by atoms with Gasteiger partial charge in [0.2, 0.25) is 6.41 Å². The van der Waals surface area contributed by atoms with E-state index < -0.39 is 0 Å². The lowest BCUT2D eigenvalue weighted by atomic mass is 9.69. The molecule has 3 heterocycles. The Morgan fingerprint density at radius 3 is 2.59 bits per heavy atom. The lowest BCUT2D eigenvalue weighted by Crippen LogP contribution is -2.32. The molecule has 1 saturated carbocycles. The van der Waals surface area contributed by atoms with E-state index in [9.17, 15) is 9.59 Å². The molecule has 0 bridgehead atoms. The van der Waals surface area contributed by atoms with Crippen molar-refractivity contribution in [1.29, 1.82) is 0 Å². The second kappa shape index (κ2) is 7.45. The van der Waals surface area contributed by atoms with E-state index in [2.05, 4.69) is 27.8 Å². The number of piperidine rings is 1. The van der Waals surface area contributed by atoms with Gasteiger partial charge in [0.05, 0.1) is 27.0 Å². The highest BCUT2D eigenvalue weighted by molar-refractivity contribution is 6.35.